The fraction of sp³-hybridized carbons (Fsp3) is 0.385. The SMILES string of the molecule is CC(Nc1cccc2c(=O)[nH][nH]c(=O)c12)C(C)(C)O. The summed E-state index contributed by atoms with van der Waals surface area (Å²) in [5.41, 5.74) is -1.15. The lowest BCUT2D eigenvalue weighted by atomic mass is 10.00. The predicted molar refractivity (Wildman–Crippen MR) is 74.6 cm³/mol. The van der Waals surface area contributed by atoms with Gasteiger partial charge in [0.15, 0.2) is 0 Å². The van der Waals surface area contributed by atoms with Crippen LogP contribution in [0.4, 0.5) is 5.69 Å². The minimum atomic E-state index is -0.948. The van der Waals surface area contributed by atoms with Crippen LogP contribution < -0.4 is 16.4 Å². The molecular weight excluding hydrogens is 246 g/mol. The Morgan fingerprint density at radius 3 is 2.47 bits per heavy atom. The second-order valence-corrected chi connectivity index (χ2v) is 5.16. The van der Waals surface area contributed by atoms with Gasteiger partial charge in [-0.3, -0.25) is 19.8 Å². The lowest BCUT2D eigenvalue weighted by Crippen LogP contribution is -2.39. The monoisotopic (exact) mass is 263 g/mol. The van der Waals surface area contributed by atoms with Crippen LogP contribution in [-0.2, 0) is 0 Å². The van der Waals surface area contributed by atoms with Gasteiger partial charge in [0.25, 0.3) is 11.1 Å². The van der Waals surface area contributed by atoms with Crippen LogP contribution in [0.2, 0.25) is 0 Å². The minimum Gasteiger partial charge on any atom is -0.388 e. The zero-order chi connectivity index (χ0) is 14.2. The third-order valence-corrected chi connectivity index (χ3v) is 3.26. The fourth-order valence-corrected chi connectivity index (χ4v) is 1.76. The number of benzene rings is 1. The van der Waals surface area contributed by atoms with E-state index in [1.54, 1.807) is 39.0 Å². The van der Waals surface area contributed by atoms with Gasteiger partial charge in [-0.2, -0.15) is 0 Å². The summed E-state index contributed by atoms with van der Waals surface area (Å²) in [6.07, 6.45) is 0. The zero-order valence-corrected chi connectivity index (χ0v) is 11.1. The summed E-state index contributed by atoms with van der Waals surface area (Å²) >= 11 is 0. The lowest BCUT2D eigenvalue weighted by molar-refractivity contribution is 0.0649. The van der Waals surface area contributed by atoms with Crippen LogP contribution in [0.15, 0.2) is 27.8 Å². The van der Waals surface area contributed by atoms with Crippen LogP contribution >= 0.6 is 0 Å². The van der Waals surface area contributed by atoms with Crippen molar-refractivity contribution in [2.24, 2.45) is 0 Å². The molecule has 1 aromatic heterocycles. The van der Waals surface area contributed by atoms with E-state index in [2.05, 4.69) is 15.5 Å². The van der Waals surface area contributed by atoms with Gasteiger partial charge < -0.3 is 10.4 Å². The van der Waals surface area contributed by atoms with E-state index in [0.29, 0.717) is 16.5 Å². The maximum Gasteiger partial charge on any atom is 0.272 e. The second kappa shape index (κ2) is 4.55. The standard InChI is InChI=1S/C13H17N3O3/c1-7(13(2,3)19)14-9-6-4-5-8-10(9)12(18)16-15-11(8)17/h4-7,14,19H,1-3H3,(H,15,17)(H,16,18). The number of nitrogens with one attached hydrogen (secondary N) is 3. The van der Waals surface area contributed by atoms with Gasteiger partial charge in [-0.15, -0.1) is 0 Å². The van der Waals surface area contributed by atoms with Crippen molar-refractivity contribution >= 4 is 16.5 Å². The molecule has 0 fully saturated rings. The smallest absolute Gasteiger partial charge is 0.272 e. The van der Waals surface area contributed by atoms with Gasteiger partial charge in [0, 0.05) is 5.69 Å². The van der Waals surface area contributed by atoms with E-state index in [1.807, 2.05) is 0 Å². The van der Waals surface area contributed by atoms with E-state index < -0.39 is 5.60 Å². The molecular formula is C13H17N3O3. The number of aromatic amines is 2. The number of aliphatic hydroxyl groups is 1. The van der Waals surface area contributed by atoms with Gasteiger partial charge in [-0.05, 0) is 32.9 Å². The number of H-pyrrole nitrogens is 2. The molecule has 1 atom stereocenters. The van der Waals surface area contributed by atoms with Crippen molar-refractivity contribution in [2.45, 2.75) is 32.4 Å². The summed E-state index contributed by atoms with van der Waals surface area (Å²) in [7, 11) is 0. The molecule has 6 nitrogen and oxygen atoms in total. The molecule has 0 saturated heterocycles. The summed E-state index contributed by atoms with van der Waals surface area (Å²) in [5, 5.41) is 18.2. The molecule has 2 rings (SSSR count). The van der Waals surface area contributed by atoms with E-state index in [0.717, 1.165) is 0 Å². The van der Waals surface area contributed by atoms with Crippen LogP contribution in [0.5, 0.6) is 0 Å². The number of hydrogen-bond acceptors (Lipinski definition) is 4. The fourth-order valence-electron chi connectivity index (χ4n) is 1.76. The average molecular weight is 263 g/mol. The first kappa shape index (κ1) is 13.4. The molecule has 2 aromatic rings. The molecule has 102 valence electrons. The summed E-state index contributed by atoms with van der Waals surface area (Å²) in [6.45, 7) is 5.15. The van der Waals surface area contributed by atoms with E-state index in [4.69, 9.17) is 0 Å². The van der Waals surface area contributed by atoms with Crippen molar-refractivity contribution in [3.05, 3.63) is 38.9 Å². The van der Waals surface area contributed by atoms with E-state index in [9.17, 15) is 14.7 Å². The largest absolute Gasteiger partial charge is 0.388 e. The third-order valence-electron chi connectivity index (χ3n) is 3.26. The van der Waals surface area contributed by atoms with Gasteiger partial charge in [-0.1, -0.05) is 6.07 Å². The van der Waals surface area contributed by atoms with Gasteiger partial charge in [0.05, 0.1) is 22.4 Å². The van der Waals surface area contributed by atoms with Crippen molar-refractivity contribution in [1.82, 2.24) is 10.2 Å². The highest BCUT2D eigenvalue weighted by molar-refractivity contribution is 5.92. The molecule has 1 heterocycles. The van der Waals surface area contributed by atoms with Crippen molar-refractivity contribution in [3.8, 4) is 0 Å². The Morgan fingerprint density at radius 1 is 1.21 bits per heavy atom. The second-order valence-electron chi connectivity index (χ2n) is 5.16. The summed E-state index contributed by atoms with van der Waals surface area (Å²) in [6, 6.07) is 4.70. The van der Waals surface area contributed by atoms with E-state index in [-0.39, 0.29) is 17.2 Å². The highest BCUT2D eigenvalue weighted by Gasteiger charge is 2.23. The Kier molecular flexibility index (Phi) is 3.20. The van der Waals surface area contributed by atoms with Crippen LogP contribution in [0.1, 0.15) is 20.8 Å². The molecule has 0 amide bonds. The Balaban J connectivity index is 2.60. The van der Waals surface area contributed by atoms with Crippen LogP contribution in [0.3, 0.4) is 0 Å². The lowest BCUT2D eigenvalue weighted by Gasteiger charge is -2.28. The van der Waals surface area contributed by atoms with Gasteiger partial charge in [-0.25, -0.2) is 0 Å². The van der Waals surface area contributed by atoms with E-state index >= 15 is 0 Å². The average Bonchev–Trinajstić information content (AvgIpc) is 2.33. The number of aromatic nitrogens is 2. The molecule has 0 bridgehead atoms. The van der Waals surface area contributed by atoms with Crippen molar-refractivity contribution in [2.75, 3.05) is 5.32 Å². The van der Waals surface area contributed by atoms with Crippen LogP contribution in [0, 0.1) is 0 Å². The van der Waals surface area contributed by atoms with Crippen molar-refractivity contribution < 1.29 is 5.11 Å². The highest BCUT2D eigenvalue weighted by Crippen LogP contribution is 2.20. The van der Waals surface area contributed by atoms with Gasteiger partial charge in [0.2, 0.25) is 0 Å². The van der Waals surface area contributed by atoms with Gasteiger partial charge >= 0.3 is 0 Å². The summed E-state index contributed by atoms with van der Waals surface area (Å²) in [4.78, 5) is 23.5. The zero-order valence-electron chi connectivity index (χ0n) is 11.1. The maximum atomic E-state index is 11.9. The van der Waals surface area contributed by atoms with Gasteiger partial charge in [0.1, 0.15) is 0 Å². The number of fused-ring (bicyclic) bond motifs is 1. The molecule has 4 N–H and O–H groups in total. The maximum absolute atomic E-state index is 11.9. The van der Waals surface area contributed by atoms with Crippen molar-refractivity contribution in [3.63, 3.8) is 0 Å². The molecule has 19 heavy (non-hydrogen) atoms. The molecule has 0 saturated carbocycles. The molecule has 0 aliphatic carbocycles. The Bertz CT molecular complexity index is 709. The number of hydrogen-bond donors (Lipinski definition) is 4. The molecule has 0 radical (unpaired) electrons. The predicted octanol–water partition coefficient (Wildman–Crippen LogP) is 0.788. The van der Waals surface area contributed by atoms with Crippen molar-refractivity contribution in [1.29, 1.82) is 0 Å². The molecule has 1 aromatic carbocycles. The first-order valence-electron chi connectivity index (χ1n) is 6.03. The first-order valence-corrected chi connectivity index (χ1v) is 6.03. The quantitative estimate of drug-likeness (QED) is 0.658. The summed E-state index contributed by atoms with van der Waals surface area (Å²) in [5.74, 6) is 0. The number of anilines is 1. The molecule has 1 unspecified atom stereocenters. The molecule has 6 heteroatoms. The highest BCUT2D eigenvalue weighted by atomic mass is 16.3. The molecule has 0 aliphatic rings. The Hall–Kier alpha value is -2.08. The van der Waals surface area contributed by atoms with E-state index in [1.165, 1.54) is 0 Å². The van der Waals surface area contributed by atoms with Crippen LogP contribution in [0.25, 0.3) is 10.8 Å². The number of rotatable bonds is 3. The minimum absolute atomic E-state index is 0.281. The van der Waals surface area contributed by atoms with Crippen LogP contribution in [-0.4, -0.2) is 26.9 Å². The Labute approximate surface area is 109 Å². The first-order chi connectivity index (χ1) is 8.80. The molecule has 0 aliphatic heterocycles. The third kappa shape index (κ3) is 2.53. The normalized spacial score (nSPS) is 13.5. The Morgan fingerprint density at radius 2 is 1.84 bits per heavy atom. The topological polar surface area (TPSA) is 98.0 Å². The summed E-state index contributed by atoms with van der Waals surface area (Å²) < 4.78 is 0. The molecule has 0 spiro atoms.